The van der Waals surface area contributed by atoms with E-state index in [2.05, 4.69) is 0 Å². The van der Waals surface area contributed by atoms with Crippen LogP contribution < -0.4 is 0 Å². The Bertz CT molecular complexity index is 451. The van der Waals surface area contributed by atoms with E-state index < -0.39 is 23.2 Å². The van der Waals surface area contributed by atoms with Crippen LogP contribution in [0.25, 0.3) is 0 Å². The molecule has 1 heterocycles. The van der Waals surface area contributed by atoms with Crippen molar-refractivity contribution >= 4 is 17.8 Å². The van der Waals surface area contributed by atoms with Crippen molar-refractivity contribution in [1.82, 2.24) is 4.90 Å². The van der Waals surface area contributed by atoms with Crippen LogP contribution in [-0.2, 0) is 19.1 Å². The highest BCUT2D eigenvalue weighted by Crippen LogP contribution is 2.59. The Morgan fingerprint density at radius 3 is 2.19 bits per heavy atom. The first-order valence-corrected chi connectivity index (χ1v) is 7.49. The van der Waals surface area contributed by atoms with Gasteiger partial charge >= 0.3 is 11.9 Å². The molecule has 0 spiro atoms. The van der Waals surface area contributed by atoms with Gasteiger partial charge in [0.2, 0.25) is 5.91 Å². The summed E-state index contributed by atoms with van der Waals surface area (Å²) < 4.78 is 5.00. The molecule has 0 aromatic carbocycles. The summed E-state index contributed by atoms with van der Waals surface area (Å²) in [4.78, 5) is 37.0. The summed E-state index contributed by atoms with van der Waals surface area (Å²) in [6.07, 6.45) is 1.19. The fraction of sp³-hybridized carbons (Fsp3) is 0.800. The zero-order valence-corrected chi connectivity index (χ0v) is 12.8. The summed E-state index contributed by atoms with van der Waals surface area (Å²) in [7, 11) is 0. The lowest BCUT2D eigenvalue weighted by Gasteiger charge is -2.31. The fourth-order valence-electron chi connectivity index (χ4n) is 3.35. The van der Waals surface area contributed by atoms with E-state index in [1.54, 1.807) is 11.8 Å². The molecular formula is C15H23NO5. The summed E-state index contributed by atoms with van der Waals surface area (Å²) in [5.74, 6) is -2.35. The Morgan fingerprint density at radius 1 is 1.19 bits per heavy atom. The van der Waals surface area contributed by atoms with Crippen LogP contribution >= 0.6 is 0 Å². The van der Waals surface area contributed by atoms with Gasteiger partial charge in [-0.1, -0.05) is 13.8 Å². The number of hydrogen-bond donors (Lipinski definition) is 1. The van der Waals surface area contributed by atoms with E-state index in [0.29, 0.717) is 32.5 Å². The predicted molar refractivity (Wildman–Crippen MR) is 74.3 cm³/mol. The van der Waals surface area contributed by atoms with Crippen LogP contribution in [-0.4, -0.2) is 47.5 Å². The van der Waals surface area contributed by atoms with Gasteiger partial charge in [0.1, 0.15) is 0 Å². The highest BCUT2D eigenvalue weighted by atomic mass is 16.5. The molecule has 0 radical (unpaired) electrons. The number of ether oxygens (including phenoxy) is 1. The molecule has 1 aliphatic heterocycles. The van der Waals surface area contributed by atoms with Gasteiger partial charge in [0.25, 0.3) is 0 Å². The van der Waals surface area contributed by atoms with Crippen LogP contribution in [0.3, 0.4) is 0 Å². The summed E-state index contributed by atoms with van der Waals surface area (Å²) in [6, 6.07) is 0. The number of amides is 1. The molecule has 1 N–H and O–H groups in total. The molecule has 2 aliphatic rings. The van der Waals surface area contributed by atoms with Crippen LogP contribution in [0, 0.1) is 23.2 Å². The Balaban J connectivity index is 1.90. The molecule has 0 aromatic rings. The minimum absolute atomic E-state index is 0.0882. The van der Waals surface area contributed by atoms with Gasteiger partial charge in [0, 0.05) is 13.1 Å². The Labute approximate surface area is 124 Å². The topological polar surface area (TPSA) is 83.9 Å². The fourth-order valence-corrected chi connectivity index (χ4v) is 3.35. The average molecular weight is 297 g/mol. The second-order valence-electron chi connectivity index (χ2n) is 6.47. The van der Waals surface area contributed by atoms with Crippen molar-refractivity contribution in [2.45, 2.75) is 33.6 Å². The van der Waals surface area contributed by atoms with E-state index >= 15 is 0 Å². The van der Waals surface area contributed by atoms with Gasteiger partial charge in [-0.15, -0.1) is 0 Å². The highest BCUT2D eigenvalue weighted by Gasteiger charge is 2.66. The number of carboxylic acids is 1. The monoisotopic (exact) mass is 297 g/mol. The molecule has 1 aliphatic carbocycles. The molecular weight excluding hydrogens is 274 g/mol. The van der Waals surface area contributed by atoms with Gasteiger partial charge in [0.15, 0.2) is 0 Å². The number of esters is 1. The summed E-state index contributed by atoms with van der Waals surface area (Å²) in [5.41, 5.74) is -0.471. The van der Waals surface area contributed by atoms with Crippen molar-refractivity contribution in [3.8, 4) is 0 Å². The minimum Gasteiger partial charge on any atom is -0.481 e. The third kappa shape index (κ3) is 2.89. The van der Waals surface area contributed by atoms with Gasteiger partial charge < -0.3 is 14.7 Å². The third-order valence-corrected chi connectivity index (χ3v) is 4.79. The molecule has 6 heteroatoms. The van der Waals surface area contributed by atoms with Gasteiger partial charge in [-0.05, 0) is 25.2 Å². The summed E-state index contributed by atoms with van der Waals surface area (Å²) >= 11 is 0. The van der Waals surface area contributed by atoms with Gasteiger partial charge in [-0.3, -0.25) is 14.4 Å². The smallest absolute Gasteiger partial charge is 0.309 e. The normalized spacial score (nSPS) is 28.0. The number of carbonyl (C=O) groups is 3. The Kier molecular flexibility index (Phi) is 4.25. The van der Waals surface area contributed by atoms with Crippen LogP contribution in [0.2, 0.25) is 0 Å². The van der Waals surface area contributed by atoms with Crippen molar-refractivity contribution in [1.29, 1.82) is 0 Å². The first-order valence-electron chi connectivity index (χ1n) is 7.49. The van der Waals surface area contributed by atoms with Crippen molar-refractivity contribution in [2.24, 2.45) is 23.2 Å². The van der Waals surface area contributed by atoms with E-state index in [0.717, 1.165) is 0 Å². The Morgan fingerprint density at radius 2 is 1.76 bits per heavy atom. The van der Waals surface area contributed by atoms with E-state index in [1.807, 2.05) is 13.8 Å². The van der Waals surface area contributed by atoms with Crippen molar-refractivity contribution < 1.29 is 24.2 Å². The number of nitrogens with zero attached hydrogens (tertiary/aromatic N) is 1. The number of hydrogen-bond acceptors (Lipinski definition) is 4. The number of carboxylic acid groups (broad SMARTS) is 1. The molecule has 1 saturated heterocycles. The SMILES string of the molecule is CCOC(=O)C1CCN(C(=O)[C@H]2[C@H](C(=O)O)C2(C)C)CC1. The molecule has 2 fully saturated rings. The maximum absolute atomic E-state index is 12.4. The second kappa shape index (κ2) is 5.66. The second-order valence-corrected chi connectivity index (χ2v) is 6.47. The number of piperidine rings is 1. The first-order chi connectivity index (χ1) is 9.80. The third-order valence-electron chi connectivity index (χ3n) is 4.79. The van der Waals surface area contributed by atoms with Crippen LogP contribution in [0.4, 0.5) is 0 Å². The van der Waals surface area contributed by atoms with Crippen LogP contribution in [0.1, 0.15) is 33.6 Å². The van der Waals surface area contributed by atoms with E-state index in [9.17, 15) is 14.4 Å². The van der Waals surface area contributed by atoms with Gasteiger partial charge in [-0.25, -0.2) is 0 Å². The number of likely N-dealkylation sites (tertiary alicyclic amines) is 1. The van der Waals surface area contributed by atoms with Crippen molar-refractivity contribution in [2.75, 3.05) is 19.7 Å². The zero-order valence-electron chi connectivity index (χ0n) is 12.8. The van der Waals surface area contributed by atoms with Crippen molar-refractivity contribution in [3.63, 3.8) is 0 Å². The molecule has 2 rings (SSSR count). The van der Waals surface area contributed by atoms with Crippen LogP contribution in [0.5, 0.6) is 0 Å². The number of rotatable bonds is 4. The summed E-state index contributed by atoms with van der Waals surface area (Å²) in [5, 5.41) is 9.15. The standard InChI is InChI=1S/C15H23NO5/c1-4-21-14(20)9-5-7-16(8-6-9)12(17)10-11(13(18)19)15(10,2)3/h9-11H,4-8H2,1-3H3,(H,18,19)/t10-,11-/m1/s1. The molecule has 6 nitrogen and oxygen atoms in total. The average Bonchev–Trinajstić information content (AvgIpc) is 3.01. The molecule has 1 saturated carbocycles. The largest absolute Gasteiger partial charge is 0.481 e. The Hall–Kier alpha value is -1.59. The van der Waals surface area contributed by atoms with Crippen molar-refractivity contribution in [3.05, 3.63) is 0 Å². The molecule has 2 atom stereocenters. The molecule has 0 aromatic heterocycles. The van der Waals surface area contributed by atoms with E-state index in [4.69, 9.17) is 9.84 Å². The predicted octanol–water partition coefficient (Wildman–Crippen LogP) is 1.14. The number of aliphatic carboxylic acids is 1. The lowest BCUT2D eigenvalue weighted by molar-refractivity contribution is -0.151. The quantitative estimate of drug-likeness (QED) is 0.787. The van der Waals surface area contributed by atoms with Gasteiger partial charge in [0.05, 0.1) is 24.4 Å². The maximum atomic E-state index is 12.4. The van der Waals surface area contributed by atoms with Crippen LogP contribution in [0.15, 0.2) is 0 Å². The molecule has 1 amide bonds. The zero-order chi connectivity index (χ0) is 15.8. The summed E-state index contributed by atoms with van der Waals surface area (Å²) in [6.45, 7) is 6.79. The molecule has 0 unspecified atom stereocenters. The highest BCUT2D eigenvalue weighted by molar-refractivity contribution is 5.91. The first kappa shape index (κ1) is 15.8. The maximum Gasteiger partial charge on any atom is 0.309 e. The molecule has 118 valence electrons. The van der Waals surface area contributed by atoms with Gasteiger partial charge in [-0.2, -0.15) is 0 Å². The van der Waals surface area contributed by atoms with E-state index in [-0.39, 0.29) is 17.8 Å². The lowest BCUT2D eigenvalue weighted by atomic mass is 9.96. The van der Waals surface area contributed by atoms with E-state index in [1.165, 1.54) is 0 Å². The molecule has 21 heavy (non-hydrogen) atoms. The lowest BCUT2D eigenvalue weighted by Crippen LogP contribution is -2.42. The minimum atomic E-state index is -0.903. The number of carbonyl (C=O) groups excluding carboxylic acids is 2. The molecule has 0 bridgehead atoms.